The quantitative estimate of drug-likeness (QED) is 0.856. The number of benzene rings is 2. The smallest absolute Gasteiger partial charge is 0.341 e. The number of carboxylic acid groups (broad SMARTS) is 1. The van der Waals surface area contributed by atoms with Crippen LogP contribution < -0.4 is 4.74 Å². The molecule has 0 unspecified atom stereocenters. The highest BCUT2D eigenvalue weighted by molar-refractivity contribution is 6.51. The van der Waals surface area contributed by atoms with Crippen molar-refractivity contribution in [1.29, 1.82) is 0 Å². The van der Waals surface area contributed by atoms with E-state index >= 15 is 0 Å². The largest absolute Gasteiger partial charge is 0.482 e. The minimum absolute atomic E-state index is 0.331. The van der Waals surface area contributed by atoms with Crippen LogP contribution in [0.1, 0.15) is 21.5 Å². The fraction of sp³-hybridized carbons (Fsp3) is 0.105. The summed E-state index contributed by atoms with van der Waals surface area (Å²) in [5, 5.41) is 8.58. The normalized spacial score (nSPS) is 13.2. The van der Waals surface area contributed by atoms with Crippen molar-refractivity contribution in [2.75, 3.05) is 6.61 Å². The molecule has 0 spiro atoms. The number of ether oxygens (including phenoxy) is 1. The van der Waals surface area contributed by atoms with E-state index in [0.717, 1.165) is 11.1 Å². The first-order chi connectivity index (χ1) is 11.5. The summed E-state index contributed by atoms with van der Waals surface area (Å²) in [6, 6.07) is 13.8. The average molecular weight is 322 g/mol. The predicted octanol–water partition coefficient (Wildman–Crippen LogP) is 2.54. The molecule has 0 fully saturated rings. The lowest BCUT2D eigenvalue weighted by Gasteiger charge is -2.14. The van der Waals surface area contributed by atoms with E-state index in [2.05, 4.69) is 0 Å². The Hall–Kier alpha value is -3.21. The Morgan fingerprint density at radius 2 is 1.67 bits per heavy atom. The zero-order valence-electron chi connectivity index (χ0n) is 12.7. The van der Waals surface area contributed by atoms with Crippen LogP contribution in [0.2, 0.25) is 0 Å². The summed E-state index contributed by atoms with van der Waals surface area (Å²) < 4.78 is 5.06. The highest BCUT2D eigenvalue weighted by Crippen LogP contribution is 2.24. The lowest BCUT2D eigenvalue weighted by molar-refractivity contribution is -0.139. The first-order valence-corrected chi connectivity index (χ1v) is 7.37. The molecule has 0 heterocycles. The van der Waals surface area contributed by atoms with E-state index in [4.69, 9.17) is 9.84 Å². The molecule has 120 valence electrons. The highest BCUT2D eigenvalue weighted by atomic mass is 16.5. The third-order valence-electron chi connectivity index (χ3n) is 3.71. The second-order valence-corrected chi connectivity index (χ2v) is 5.42. The molecule has 0 radical (unpaired) electrons. The van der Waals surface area contributed by atoms with E-state index < -0.39 is 24.1 Å². The molecule has 1 N–H and O–H groups in total. The molecule has 2 aromatic carbocycles. The van der Waals surface area contributed by atoms with Crippen molar-refractivity contribution < 1.29 is 24.2 Å². The number of hydrogen-bond acceptors (Lipinski definition) is 4. The number of carboxylic acids is 1. The van der Waals surface area contributed by atoms with Gasteiger partial charge in [-0.15, -0.1) is 0 Å². The third-order valence-corrected chi connectivity index (χ3v) is 3.71. The topological polar surface area (TPSA) is 80.7 Å². The lowest BCUT2D eigenvalue weighted by Crippen LogP contribution is -2.22. The molecule has 0 atom stereocenters. The molecule has 0 saturated carbocycles. The second kappa shape index (κ2) is 6.50. The maximum atomic E-state index is 12.2. The molecule has 5 heteroatoms. The van der Waals surface area contributed by atoms with Crippen LogP contribution >= 0.6 is 0 Å². The Kier molecular flexibility index (Phi) is 4.24. The fourth-order valence-corrected chi connectivity index (χ4v) is 2.55. The molecule has 2 aromatic rings. The Labute approximate surface area is 138 Å². The van der Waals surface area contributed by atoms with E-state index in [9.17, 15) is 14.4 Å². The van der Waals surface area contributed by atoms with Crippen molar-refractivity contribution in [3.05, 3.63) is 70.8 Å². The van der Waals surface area contributed by atoms with Gasteiger partial charge in [0.1, 0.15) is 5.75 Å². The fourth-order valence-electron chi connectivity index (χ4n) is 2.55. The molecular formula is C19H14O5. The van der Waals surface area contributed by atoms with Crippen LogP contribution in [0.25, 0.3) is 6.08 Å². The van der Waals surface area contributed by atoms with Gasteiger partial charge >= 0.3 is 5.97 Å². The molecule has 24 heavy (non-hydrogen) atoms. The number of aliphatic carboxylic acids is 1. The lowest BCUT2D eigenvalue weighted by atomic mass is 9.87. The average Bonchev–Trinajstić information content (AvgIpc) is 2.59. The van der Waals surface area contributed by atoms with E-state index in [-0.39, 0.29) is 0 Å². The number of ketones is 2. The van der Waals surface area contributed by atoms with Gasteiger partial charge in [-0.1, -0.05) is 36.4 Å². The van der Waals surface area contributed by atoms with Crippen molar-refractivity contribution in [2.24, 2.45) is 0 Å². The van der Waals surface area contributed by atoms with Gasteiger partial charge in [0.2, 0.25) is 11.6 Å². The number of fused-ring (bicyclic) bond motifs is 1. The third kappa shape index (κ3) is 3.25. The zero-order chi connectivity index (χ0) is 17.1. The molecular weight excluding hydrogens is 308 g/mol. The van der Waals surface area contributed by atoms with Crippen LogP contribution in [0.5, 0.6) is 5.75 Å². The summed E-state index contributed by atoms with van der Waals surface area (Å²) in [6.07, 6.45) is 2.08. The van der Waals surface area contributed by atoms with Gasteiger partial charge in [0.25, 0.3) is 0 Å². The molecule has 0 amide bonds. The van der Waals surface area contributed by atoms with Crippen LogP contribution in [0.15, 0.2) is 54.1 Å². The number of hydrogen-bond donors (Lipinski definition) is 1. The van der Waals surface area contributed by atoms with Gasteiger partial charge < -0.3 is 9.84 Å². The summed E-state index contributed by atoms with van der Waals surface area (Å²) in [6.45, 7) is -0.408. The number of carbonyl (C=O) groups excluding carboxylic acids is 2. The van der Waals surface area contributed by atoms with Crippen molar-refractivity contribution >= 4 is 23.6 Å². The summed E-state index contributed by atoms with van der Waals surface area (Å²) in [5.74, 6) is -1.58. The van der Waals surface area contributed by atoms with Crippen LogP contribution in [0.3, 0.4) is 0 Å². The molecule has 1 aliphatic carbocycles. The van der Waals surface area contributed by atoms with Gasteiger partial charge in [0.05, 0.1) is 0 Å². The number of Topliss-reactive ketones (excluding diaryl/α,β-unsaturated/α-hetero) is 2. The van der Waals surface area contributed by atoms with E-state index in [1.807, 2.05) is 12.1 Å². The SMILES string of the molecule is O=C(O)COc1ccc(CC2=Cc3ccccc3C(=O)C2=O)cc1. The number of rotatable bonds is 5. The van der Waals surface area contributed by atoms with Gasteiger partial charge in [-0.2, -0.15) is 0 Å². The van der Waals surface area contributed by atoms with Crippen molar-refractivity contribution in [3.8, 4) is 5.75 Å². The monoisotopic (exact) mass is 322 g/mol. The van der Waals surface area contributed by atoms with Crippen LogP contribution in [-0.2, 0) is 16.0 Å². The minimum atomic E-state index is -1.05. The van der Waals surface area contributed by atoms with Crippen LogP contribution in [0, 0.1) is 0 Å². The van der Waals surface area contributed by atoms with Crippen molar-refractivity contribution in [2.45, 2.75) is 6.42 Å². The zero-order valence-corrected chi connectivity index (χ0v) is 12.7. The van der Waals surface area contributed by atoms with E-state index in [0.29, 0.717) is 23.3 Å². The molecule has 3 rings (SSSR count). The van der Waals surface area contributed by atoms with Crippen molar-refractivity contribution in [1.82, 2.24) is 0 Å². The number of carbonyl (C=O) groups is 3. The van der Waals surface area contributed by atoms with E-state index in [1.54, 1.807) is 42.5 Å². The van der Waals surface area contributed by atoms with Crippen molar-refractivity contribution in [3.63, 3.8) is 0 Å². The van der Waals surface area contributed by atoms with Gasteiger partial charge in [-0.05, 0) is 29.3 Å². The first kappa shape index (κ1) is 15.7. The standard InChI is InChI=1S/C19H14O5/c20-17(21)11-24-15-7-5-12(6-8-15)9-14-10-13-3-1-2-4-16(13)19(23)18(14)22/h1-8,10H,9,11H2,(H,20,21). The molecule has 0 saturated heterocycles. The Balaban J connectivity index is 1.78. The van der Waals surface area contributed by atoms with Crippen LogP contribution in [0.4, 0.5) is 0 Å². The summed E-state index contributed by atoms with van der Waals surface area (Å²) >= 11 is 0. The van der Waals surface area contributed by atoms with Gasteiger partial charge in [-0.25, -0.2) is 4.79 Å². The summed E-state index contributed by atoms with van der Waals surface area (Å²) in [7, 11) is 0. The Bertz CT molecular complexity index is 846. The van der Waals surface area contributed by atoms with Crippen LogP contribution in [-0.4, -0.2) is 29.2 Å². The maximum absolute atomic E-state index is 12.2. The maximum Gasteiger partial charge on any atom is 0.341 e. The highest BCUT2D eigenvalue weighted by Gasteiger charge is 2.26. The molecule has 1 aliphatic rings. The molecule has 5 nitrogen and oxygen atoms in total. The summed E-state index contributed by atoms with van der Waals surface area (Å²) in [4.78, 5) is 34.9. The van der Waals surface area contributed by atoms with Gasteiger partial charge in [-0.3, -0.25) is 9.59 Å². The Morgan fingerprint density at radius 1 is 0.958 bits per heavy atom. The Morgan fingerprint density at radius 3 is 2.38 bits per heavy atom. The predicted molar refractivity (Wildman–Crippen MR) is 87.0 cm³/mol. The van der Waals surface area contributed by atoms with E-state index in [1.165, 1.54) is 0 Å². The molecule has 0 bridgehead atoms. The molecule has 0 aromatic heterocycles. The first-order valence-electron chi connectivity index (χ1n) is 7.37. The van der Waals surface area contributed by atoms with Gasteiger partial charge in [0, 0.05) is 17.6 Å². The van der Waals surface area contributed by atoms with Gasteiger partial charge in [0.15, 0.2) is 6.61 Å². The molecule has 0 aliphatic heterocycles. The second-order valence-electron chi connectivity index (χ2n) is 5.42. The summed E-state index contributed by atoms with van der Waals surface area (Å²) in [5.41, 5.74) is 2.46. The number of allylic oxidation sites excluding steroid dienone is 1. The minimum Gasteiger partial charge on any atom is -0.482 e.